The van der Waals surface area contributed by atoms with Crippen LogP contribution in [0, 0.1) is 0 Å². The number of alkyl carbamates (subject to hydrolysis) is 1. The summed E-state index contributed by atoms with van der Waals surface area (Å²) in [7, 11) is 1.11. The van der Waals surface area contributed by atoms with Gasteiger partial charge in [-0.1, -0.05) is 12.1 Å². The van der Waals surface area contributed by atoms with Crippen LogP contribution >= 0.6 is 0 Å². The van der Waals surface area contributed by atoms with Gasteiger partial charge in [0, 0.05) is 6.42 Å². The first-order chi connectivity index (χ1) is 13.1. The largest absolute Gasteiger partial charge is 0.465 e. The zero-order chi connectivity index (χ0) is 22.5. The number of aliphatic hydroxyl groups is 1. The summed E-state index contributed by atoms with van der Waals surface area (Å²) < 4.78 is 15.0. The molecular formula is C21H31NO7. The minimum Gasteiger partial charge on any atom is -0.465 e. The second-order valence-corrected chi connectivity index (χ2v) is 8.68. The van der Waals surface area contributed by atoms with Crippen molar-refractivity contribution in [1.82, 2.24) is 5.32 Å². The molecule has 0 aliphatic carbocycles. The van der Waals surface area contributed by atoms with Crippen LogP contribution in [0.15, 0.2) is 24.3 Å². The molecule has 0 heterocycles. The van der Waals surface area contributed by atoms with Crippen LogP contribution < -0.4 is 5.32 Å². The molecule has 1 amide bonds. The summed E-state index contributed by atoms with van der Waals surface area (Å²) in [5.41, 5.74) is -2.51. The van der Waals surface area contributed by atoms with Crippen molar-refractivity contribution in [2.24, 2.45) is 0 Å². The van der Waals surface area contributed by atoms with Crippen molar-refractivity contribution >= 4 is 18.0 Å². The molecule has 0 saturated carbocycles. The van der Waals surface area contributed by atoms with Crippen LogP contribution in [0.1, 0.15) is 63.9 Å². The Morgan fingerprint density at radius 3 is 1.90 bits per heavy atom. The molecule has 1 atom stereocenters. The number of hydrogen-bond acceptors (Lipinski definition) is 7. The Morgan fingerprint density at radius 2 is 1.45 bits per heavy atom. The number of amides is 1. The summed E-state index contributed by atoms with van der Waals surface area (Å²) in [5, 5.41) is 12.8. The van der Waals surface area contributed by atoms with Crippen molar-refractivity contribution < 1.29 is 33.7 Å². The highest BCUT2D eigenvalue weighted by atomic mass is 16.6. The summed E-state index contributed by atoms with van der Waals surface area (Å²) >= 11 is 0. The van der Waals surface area contributed by atoms with Crippen LogP contribution in [-0.2, 0) is 25.4 Å². The van der Waals surface area contributed by atoms with E-state index in [0.29, 0.717) is 5.56 Å². The normalized spacial score (nSPS) is 13.8. The molecule has 1 rings (SSSR count). The topological polar surface area (TPSA) is 111 Å². The molecule has 0 aliphatic heterocycles. The molecular weight excluding hydrogens is 378 g/mol. The summed E-state index contributed by atoms with van der Waals surface area (Å²) in [4.78, 5) is 36.1. The lowest BCUT2D eigenvalue weighted by Crippen LogP contribution is -2.56. The zero-order valence-electron chi connectivity index (χ0n) is 18.1. The molecule has 0 aromatic heterocycles. The van der Waals surface area contributed by atoms with E-state index in [1.54, 1.807) is 65.8 Å². The van der Waals surface area contributed by atoms with E-state index in [2.05, 4.69) is 10.1 Å². The Kier molecular flexibility index (Phi) is 7.80. The standard InChI is InChI=1S/C21H31NO7/c1-19(2,3)28-16(23)15-10-8-14(9-11-15)12-13-21(26,17(24)27-7)22-18(25)29-20(4,5)6/h8-11,26H,12-13H2,1-7H3,(H,22,25). The average molecular weight is 409 g/mol. The van der Waals surface area contributed by atoms with Gasteiger partial charge in [0.1, 0.15) is 11.2 Å². The maximum absolute atomic E-state index is 12.1. The molecule has 1 aromatic carbocycles. The Bertz CT molecular complexity index is 729. The zero-order valence-corrected chi connectivity index (χ0v) is 18.1. The summed E-state index contributed by atoms with van der Waals surface area (Å²) in [6, 6.07) is 6.57. The van der Waals surface area contributed by atoms with Crippen LogP contribution in [0.4, 0.5) is 4.79 Å². The lowest BCUT2D eigenvalue weighted by atomic mass is 10.0. The van der Waals surface area contributed by atoms with Crippen molar-refractivity contribution in [2.75, 3.05) is 7.11 Å². The molecule has 0 aliphatic rings. The lowest BCUT2D eigenvalue weighted by Gasteiger charge is -2.28. The SMILES string of the molecule is COC(=O)C(O)(CCc1ccc(C(=O)OC(C)(C)C)cc1)NC(=O)OC(C)(C)C. The summed E-state index contributed by atoms with van der Waals surface area (Å²) in [6.45, 7) is 10.3. The van der Waals surface area contributed by atoms with Crippen molar-refractivity contribution in [2.45, 2.75) is 71.3 Å². The van der Waals surface area contributed by atoms with E-state index in [1.165, 1.54) is 0 Å². The number of esters is 2. The predicted octanol–water partition coefficient (Wildman–Crippen LogP) is 2.96. The molecule has 0 saturated heterocycles. The number of nitrogens with one attached hydrogen (secondary N) is 1. The molecule has 29 heavy (non-hydrogen) atoms. The fourth-order valence-electron chi connectivity index (χ4n) is 2.33. The number of aryl methyl sites for hydroxylation is 1. The van der Waals surface area contributed by atoms with Crippen LogP contribution in [0.25, 0.3) is 0 Å². The van der Waals surface area contributed by atoms with Crippen LogP contribution in [0.5, 0.6) is 0 Å². The van der Waals surface area contributed by atoms with Crippen LogP contribution in [0.2, 0.25) is 0 Å². The highest BCUT2D eigenvalue weighted by Gasteiger charge is 2.40. The van der Waals surface area contributed by atoms with Crippen molar-refractivity contribution in [1.29, 1.82) is 0 Å². The van der Waals surface area contributed by atoms with Crippen LogP contribution in [-0.4, -0.2) is 47.2 Å². The van der Waals surface area contributed by atoms with Gasteiger partial charge in [0.25, 0.3) is 0 Å². The molecule has 8 heteroatoms. The van der Waals surface area contributed by atoms with Gasteiger partial charge in [0.05, 0.1) is 12.7 Å². The van der Waals surface area contributed by atoms with E-state index in [1.807, 2.05) is 0 Å². The fourth-order valence-corrected chi connectivity index (χ4v) is 2.33. The Labute approximate surface area is 171 Å². The van der Waals surface area contributed by atoms with Gasteiger partial charge in [-0.2, -0.15) is 0 Å². The van der Waals surface area contributed by atoms with Crippen molar-refractivity contribution in [3.63, 3.8) is 0 Å². The van der Waals surface area contributed by atoms with Gasteiger partial charge in [-0.05, 0) is 65.7 Å². The predicted molar refractivity (Wildman–Crippen MR) is 106 cm³/mol. The molecule has 1 aromatic rings. The second kappa shape index (κ2) is 9.26. The van der Waals surface area contributed by atoms with E-state index in [9.17, 15) is 19.5 Å². The van der Waals surface area contributed by atoms with Gasteiger partial charge in [-0.25, -0.2) is 14.4 Å². The molecule has 162 valence electrons. The van der Waals surface area contributed by atoms with Gasteiger partial charge < -0.3 is 19.3 Å². The minimum atomic E-state index is -2.25. The van der Waals surface area contributed by atoms with E-state index in [0.717, 1.165) is 12.7 Å². The first-order valence-corrected chi connectivity index (χ1v) is 9.29. The summed E-state index contributed by atoms with van der Waals surface area (Å²) in [5.74, 6) is -1.45. The van der Waals surface area contributed by atoms with Gasteiger partial charge >= 0.3 is 18.0 Å². The van der Waals surface area contributed by atoms with Gasteiger partial charge in [-0.3, -0.25) is 5.32 Å². The number of rotatable bonds is 6. The molecule has 8 nitrogen and oxygen atoms in total. The quantitative estimate of drug-likeness (QED) is 0.422. The Morgan fingerprint density at radius 1 is 0.931 bits per heavy atom. The highest BCUT2D eigenvalue weighted by Crippen LogP contribution is 2.18. The monoisotopic (exact) mass is 409 g/mol. The first kappa shape index (κ1) is 24.4. The summed E-state index contributed by atoms with van der Waals surface area (Å²) in [6.07, 6.45) is -0.855. The first-order valence-electron chi connectivity index (χ1n) is 9.29. The van der Waals surface area contributed by atoms with Crippen LogP contribution in [0.3, 0.4) is 0 Å². The van der Waals surface area contributed by atoms with E-state index >= 15 is 0 Å². The third-order valence-electron chi connectivity index (χ3n) is 3.59. The number of benzene rings is 1. The smallest absolute Gasteiger partial charge is 0.410 e. The Balaban J connectivity index is 2.83. The highest BCUT2D eigenvalue weighted by molar-refractivity contribution is 5.89. The number of ether oxygens (including phenoxy) is 3. The maximum atomic E-state index is 12.1. The average Bonchev–Trinajstić information content (AvgIpc) is 2.56. The number of methoxy groups -OCH3 is 1. The maximum Gasteiger partial charge on any atom is 0.410 e. The third-order valence-corrected chi connectivity index (χ3v) is 3.59. The van der Waals surface area contributed by atoms with Gasteiger partial charge in [0.2, 0.25) is 5.72 Å². The van der Waals surface area contributed by atoms with E-state index in [4.69, 9.17) is 9.47 Å². The number of hydrogen-bond donors (Lipinski definition) is 2. The molecule has 2 N–H and O–H groups in total. The number of carbonyl (C=O) groups excluding carboxylic acids is 3. The molecule has 0 radical (unpaired) electrons. The van der Waals surface area contributed by atoms with E-state index < -0.39 is 35.0 Å². The number of carbonyl (C=O) groups is 3. The molecule has 0 fully saturated rings. The van der Waals surface area contributed by atoms with E-state index in [-0.39, 0.29) is 12.8 Å². The minimum absolute atomic E-state index is 0.148. The van der Waals surface area contributed by atoms with Crippen molar-refractivity contribution in [3.8, 4) is 0 Å². The Hall–Kier alpha value is -2.61. The lowest BCUT2D eigenvalue weighted by molar-refractivity contribution is -0.166. The second-order valence-electron chi connectivity index (χ2n) is 8.68. The molecule has 0 spiro atoms. The third kappa shape index (κ3) is 8.51. The molecule has 0 bridgehead atoms. The van der Waals surface area contributed by atoms with Crippen molar-refractivity contribution in [3.05, 3.63) is 35.4 Å². The van der Waals surface area contributed by atoms with Gasteiger partial charge in [0.15, 0.2) is 0 Å². The fraction of sp³-hybridized carbons (Fsp3) is 0.571. The molecule has 1 unspecified atom stereocenters. The van der Waals surface area contributed by atoms with Gasteiger partial charge in [-0.15, -0.1) is 0 Å².